The van der Waals surface area contributed by atoms with Crippen LogP contribution in [-0.4, -0.2) is 41.1 Å². The molecule has 1 aliphatic heterocycles. The lowest BCUT2D eigenvalue weighted by Crippen LogP contribution is -2.43. The molecule has 1 unspecified atom stereocenters. The summed E-state index contributed by atoms with van der Waals surface area (Å²) in [6.45, 7) is 2.10. The number of carbonyl (C=O) groups is 1. The van der Waals surface area contributed by atoms with Crippen LogP contribution in [0.4, 0.5) is 0 Å². The molecule has 2 heterocycles. The van der Waals surface area contributed by atoms with E-state index in [4.69, 9.17) is 4.74 Å². The van der Waals surface area contributed by atoms with Crippen LogP contribution in [0, 0.1) is 0 Å². The molecule has 1 fully saturated rings. The number of aryl methyl sites for hydroxylation is 2. The maximum atomic E-state index is 11.8. The maximum Gasteiger partial charge on any atom is 0.163 e. The summed E-state index contributed by atoms with van der Waals surface area (Å²) in [7, 11) is 1.94. The molecule has 2 rings (SSSR count). The number of ether oxygens (including phenoxy) is 1. The number of rotatable bonds is 4. The van der Waals surface area contributed by atoms with Gasteiger partial charge in [0, 0.05) is 45.4 Å². The van der Waals surface area contributed by atoms with Crippen molar-refractivity contribution < 1.29 is 9.53 Å². The van der Waals surface area contributed by atoms with Crippen LogP contribution in [0.1, 0.15) is 12.2 Å². The van der Waals surface area contributed by atoms with Crippen molar-refractivity contribution in [1.29, 1.82) is 0 Å². The Labute approximate surface area is 94.8 Å². The van der Waals surface area contributed by atoms with Crippen LogP contribution in [-0.2, 0) is 23.0 Å². The zero-order chi connectivity index (χ0) is 11.4. The van der Waals surface area contributed by atoms with Crippen molar-refractivity contribution in [3.05, 3.63) is 18.2 Å². The molecule has 1 atom stereocenters. The molecule has 1 aliphatic rings. The second-order valence-electron chi connectivity index (χ2n) is 3.98. The zero-order valence-electron chi connectivity index (χ0n) is 9.48. The highest BCUT2D eigenvalue weighted by atomic mass is 16.5. The van der Waals surface area contributed by atoms with Crippen molar-refractivity contribution in [3.8, 4) is 0 Å². The highest BCUT2D eigenvalue weighted by Crippen LogP contribution is 2.05. The van der Waals surface area contributed by atoms with E-state index in [0.717, 1.165) is 12.4 Å². The number of carbonyl (C=O) groups excluding carboxylic acids is 1. The number of imidazole rings is 1. The third-order valence-electron chi connectivity index (χ3n) is 2.80. The first-order valence-corrected chi connectivity index (χ1v) is 5.58. The van der Waals surface area contributed by atoms with Crippen molar-refractivity contribution in [1.82, 2.24) is 14.9 Å². The molecular weight excluding hydrogens is 206 g/mol. The Kier molecular flexibility index (Phi) is 3.69. The van der Waals surface area contributed by atoms with Crippen molar-refractivity contribution in [2.24, 2.45) is 7.05 Å². The molecule has 0 aromatic carbocycles. The lowest BCUT2D eigenvalue weighted by Gasteiger charge is -2.22. The van der Waals surface area contributed by atoms with Gasteiger partial charge in [0.05, 0.1) is 6.61 Å². The second kappa shape index (κ2) is 5.23. The predicted molar refractivity (Wildman–Crippen MR) is 59.1 cm³/mol. The highest BCUT2D eigenvalue weighted by molar-refractivity contribution is 5.83. The average Bonchev–Trinajstić information content (AvgIpc) is 2.73. The first kappa shape index (κ1) is 11.3. The number of nitrogens with zero attached hydrogens (tertiary/aromatic N) is 2. The molecular formula is C11H17N3O2. The van der Waals surface area contributed by atoms with E-state index in [0.29, 0.717) is 26.0 Å². The summed E-state index contributed by atoms with van der Waals surface area (Å²) in [5.74, 6) is 1.10. The van der Waals surface area contributed by atoms with E-state index in [2.05, 4.69) is 10.3 Å². The van der Waals surface area contributed by atoms with Crippen LogP contribution >= 0.6 is 0 Å². The van der Waals surface area contributed by atoms with E-state index in [9.17, 15) is 4.79 Å². The molecule has 0 amide bonds. The van der Waals surface area contributed by atoms with Crippen molar-refractivity contribution in [2.75, 3.05) is 19.7 Å². The zero-order valence-corrected chi connectivity index (χ0v) is 9.48. The second-order valence-corrected chi connectivity index (χ2v) is 3.98. The first-order valence-electron chi connectivity index (χ1n) is 5.58. The predicted octanol–water partition coefficient (Wildman–Crippen LogP) is -0.0898. The average molecular weight is 223 g/mol. The number of ketones is 1. The maximum absolute atomic E-state index is 11.8. The molecule has 1 saturated heterocycles. The fourth-order valence-corrected chi connectivity index (χ4v) is 1.81. The fraction of sp³-hybridized carbons (Fsp3) is 0.636. The molecule has 0 radical (unpaired) electrons. The summed E-state index contributed by atoms with van der Waals surface area (Å²) in [5, 5.41) is 3.15. The molecule has 16 heavy (non-hydrogen) atoms. The van der Waals surface area contributed by atoms with E-state index in [1.807, 2.05) is 17.8 Å². The Hall–Kier alpha value is -1.20. The van der Waals surface area contributed by atoms with Crippen LogP contribution in [0.2, 0.25) is 0 Å². The molecule has 88 valence electrons. The number of morpholine rings is 1. The minimum Gasteiger partial charge on any atom is -0.368 e. The summed E-state index contributed by atoms with van der Waals surface area (Å²) in [4.78, 5) is 16.0. The van der Waals surface area contributed by atoms with Crippen LogP contribution in [0.25, 0.3) is 0 Å². The number of hydrogen-bond donors (Lipinski definition) is 1. The summed E-state index contributed by atoms with van der Waals surface area (Å²) < 4.78 is 7.34. The van der Waals surface area contributed by atoms with E-state index in [1.54, 1.807) is 6.20 Å². The third kappa shape index (κ3) is 2.68. The van der Waals surface area contributed by atoms with Crippen molar-refractivity contribution in [2.45, 2.75) is 18.9 Å². The van der Waals surface area contributed by atoms with E-state index in [1.165, 1.54) is 0 Å². The molecule has 0 spiro atoms. The third-order valence-corrected chi connectivity index (χ3v) is 2.80. The topological polar surface area (TPSA) is 56.2 Å². The molecule has 1 aromatic rings. The molecule has 5 heteroatoms. The molecule has 1 aromatic heterocycles. The molecule has 0 bridgehead atoms. The summed E-state index contributed by atoms with van der Waals surface area (Å²) in [5.41, 5.74) is 0. The Morgan fingerprint density at radius 1 is 1.75 bits per heavy atom. The van der Waals surface area contributed by atoms with Gasteiger partial charge in [0.15, 0.2) is 5.78 Å². The van der Waals surface area contributed by atoms with Crippen LogP contribution in [0.15, 0.2) is 12.4 Å². The van der Waals surface area contributed by atoms with Crippen LogP contribution in [0.5, 0.6) is 0 Å². The molecule has 0 aliphatic carbocycles. The normalized spacial score (nSPS) is 20.9. The minimum absolute atomic E-state index is 0.162. The standard InChI is InChI=1S/C11H17N3O2/c1-14-6-4-13-11(14)3-2-9(15)10-8-12-5-7-16-10/h4,6,10,12H,2-3,5,7-8H2,1H3. The number of aromatic nitrogens is 2. The summed E-state index contributed by atoms with van der Waals surface area (Å²) in [6, 6.07) is 0. The Morgan fingerprint density at radius 2 is 2.62 bits per heavy atom. The molecule has 0 saturated carbocycles. The van der Waals surface area contributed by atoms with E-state index >= 15 is 0 Å². The lowest BCUT2D eigenvalue weighted by molar-refractivity contribution is -0.131. The van der Waals surface area contributed by atoms with Gasteiger partial charge in [-0.2, -0.15) is 0 Å². The SMILES string of the molecule is Cn1ccnc1CCC(=O)C1CNCCO1. The highest BCUT2D eigenvalue weighted by Gasteiger charge is 2.21. The van der Waals surface area contributed by atoms with Gasteiger partial charge in [0.25, 0.3) is 0 Å². The van der Waals surface area contributed by atoms with Gasteiger partial charge in [0.2, 0.25) is 0 Å². The molecule has 5 nitrogen and oxygen atoms in total. The van der Waals surface area contributed by atoms with Gasteiger partial charge in [0.1, 0.15) is 11.9 Å². The summed E-state index contributed by atoms with van der Waals surface area (Å²) in [6.07, 6.45) is 4.55. The van der Waals surface area contributed by atoms with Crippen LogP contribution in [0.3, 0.4) is 0 Å². The van der Waals surface area contributed by atoms with Crippen molar-refractivity contribution in [3.63, 3.8) is 0 Å². The van der Waals surface area contributed by atoms with E-state index < -0.39 is 0 Å². The largest absolute Gasteiger partial charge is 0.368 e. The van der Waals surface area contributed by atoms with Gasteiger partial charge in [-0.25, -0.2) is 4.98 Å². The minimum atomic E-state index is -0.269. The number of Topliss-reactive ketones (excluding diaryl/α,β-unsaturated/α-hetero) is 1. The van der Waals surface area contributed by atoms with Gasteiger partial charge in [-0.3, -0.25) is 4.79 Å². The summed E-state index contributed by atoms with van der Waals surface area (Å²) >= 11 is 0. The van der Waals surface area contributed by atoms with Gasteiger partial charge in [-0.05, 0) is 0 Å². The number of nitrogens with one attached hydrogen (secondary N) is 1. The lowest BCUT2D eigenvalue weighted by atomic mass is 10.1. The number of hydrogen-bond acceptors (Lipinski definition) is 4. The van der Waals surface area contributed by atoms with Gasteiger partial charge >= 0.3 is 0 Å². The van der Waals surface area contributed by atoms with Gasteiger partial charge in [-0.15, -0.1) is 0 Å². The Bertz CT molecular complexity index is 356. The monoisotopic (exact) mass is 223 g/mol. The van der Waals surface area contributed by atoms with Gasteiger partial charge < -0.3 is 14.6 Å². The fourth-order valence-electron chi connectivity index (χ4n) is 1.81. The van der Waals surface area contributed by atoms with Crippen molar-refractivity contribution >= 4 is 5.78 Å². The molecule has 1 N–H and O–H groups in total. The van der Waals surface area contributed by atoms with E-state index in [-0.39, 0.29) is 11.9 Å². The Morgan fingerprint density at radius 3 is 3.25 bits per heavy atom. The van der Waals surface area contributed by atoms with Gasteiger partial charge in [-0.1, -0.05) is 0 Å². The Balaban J connectivity index is 1.81. The quantitative estimate of drug-likeness (QED) is 0.775. The first-order chi connectivity index (χ1) is 7.77. The van der Waals surface area contributed by atoms with Crippen LogP contribution < -0.4 is 5.32 Å². The smallest absolute Gasteiger partial charge is 0.163 e.